The smallest absolute Gasteiger partial charge is 0.0881 e. The van der Waals surface area contributed by atoms with Crippen molar-refractivity contribution in [3.05, 3.63) is 27.8 Å². The summed E-state index contributed by atoms with van der Waals surface area (Å²) in [4.78, 5) is 4.29. The summed E-state index contributed by atoms with van der Waals surface area (Å²) in [5, 5.41) is 4.85. The second-order valence-electron chi connectivity index (χ2n) is 3.38. The van der Waals surface area contributed by atoms with Gasteiger partial charge in [-0.05, 0) is 35.0 Å². The Morgan fingerprint density at radius 1 is 1.50 bits per heavy atom. The molecular formula is C11H11BrClN3. The highest BCUT2D eigenvalue weighted by Crippen LogP contribution is 2.35. The van der Waals surface area contributed by atoms with Crippen LogP contribution in [0.5, 0.6) is 0 Å². The maximum Gasteiger partial charge on any atom is 0.0881 e. The number of benzene rings is 1. The third kappa shape index (κ3) is 1.83. The molecule has 0 spiro atoms. The van der Waals surface area contributed by atoms with E-state index in [-0.39, 0.29) is 0 Å². The Labute approximate surface area is 107 Å². The number of hydrogen-bond acceptors (Lipinski definition) is 3. The Morgan fingerprint density at radius 2 is 2.25 bits per heavy atom. The number of halogens is 2. The van der Waals surface area contributed by atoms with Crippen LogP contribution >= 0.6 is 27.5 Å². The van der Waals surface area contributed by atoms with Gasteiger partial charge in [-0.3, -0.25) is 4.98 Å². The lowest BCUT2D eigenvalue weighted by molar-refractivity contribution is 1.21. The van der Waals surface area contributed by atoms with Crippen LogP contribution in [0.1, 0.15) is 6.92 Å². The second kappa shape index (κ2) is 4.47. The second-order valence-corrected chi connectivity index (χ2v) is 4.58. The van der Waals surface area contributed by atoms with Crippen LogP contribution in [0, 0.1) is 0 Å². The van der Waals surface area contributed by atoms with E-state index in [2.05, 4.69) is 26.2 Å². The summed E-state index contributed by atoms with van der Waals surface area (Å²) in [5.41, 5.74) is 8.25. The van der Waals surface area contributed by atoms with E-state index in [0.717, 1.165) is 27.6 Å². The topological polar surface area (TPSA) is 50.9 Å². The average molecular weight is 301 g/mol. The highest BCUT2D eigenvalue weighted by molar-refractivity contribution is 9.10. The summed E-state index contributed by atoms with van der Waals surface area (Å²) in [6.45, 7) is 2.83. The number of rotatable bonds is 2. The first-order valence-corrected chi connectivity index (χ1v) is 6.08. The van der Waals surface area contributed by atoms with Crippen LogP contribution in [0.2, 0.25) is 5.02 Å². The average Bonchev–Trinajstić information content (AvgIpc) is 2.27. The number of nitrogens with zero attached hydrogens (tertiary/aromatic N) is 1. The SMILES string of the molecule is CCNc1c(N)cnc2c(Br)c(Cl)ccc12. The number of hydrogen-bond donors (Lipinski definition) is 2. The molecule has 5 heteroatoms. The fourth-order valence-electron chi connectivity index (χ4n) is 1.60. The largest absolute Gasteiger partial charge is 0.396 e. The van der Waals surface area contributed by atoms with Crippen LogP contribution in [-0.2, 0) is 0 Å². The van der Waals surface area contributed by atoms with E-state index in [1.54, 1.807) is 6.20 Å². The van der Waals surface area contributed by atoms with E-state index < -0.39 is 0 Å². The van der Waals surface area contributed by atoms with Crippen molar-refractivity contribution < 1.29 is 0 Å². The normalized spacial score (nSPS) is 10.7. The molecule has 16 heavy (non-hydrogen) atoms. The minimum absolute atomic E-state index is 0.642. The fraction of sp³-hybridized carbons (Fsp3) is 0.182. The zero-order valence-electron chi connectivity index (χ0n) is 8.72. The zero-order valence-corrected chi connectivity index (χ0v) is 11.1. The number of pyridine rings is 1. The molecule has 0 saturated heterocycles. The van der Waals surface area contributed by atoms with Crippen molar-refractivity contribution in [1.82, 2.24) is 4.98 Å². The van der Waals surface area contributed by atoms with Crippen molar-refractivity contribution in [3.8, 4) is 0 Å². The van der Waals surface area contributed by atoms with Crippen LogP contribution in [0.25, 0.3) is 10.9 Å². The number of nitrogens with two attached hydrogens (primary N) is 1. The molecule has 0 bridgehead atoms. The zero-order chi connectivity index (χ0) is 11.7. The van der Waals surface area contributed by atoms with Crippen LogP contribution in [0.15, 0.2) is 22.8 Å². The van der Waals surface area contributed by atoms with Crippen molar-refractivity contribution in [2.75, 3.05) is 17.6 Å². The van der Waals surface area contributed by atoms with Gasteiger partial charge in [-0.15, -0.1) is 0 Å². The fourth-order valence-corrected chi connectivity index (χ4v) is 2.20. The number of aromatic nitrogens is 1. The lowest BCUT2D eigenvalue weighted by Gasteiger charge is -2.11. The van der Waals surface area contributed by atoms with Gasteiger partial charge in [0.15, 0.2) is 0 Å². The molecule has 0 aliphatic carbocycles. The van der Waals surface area contributed by atoms with Gasteiger partial charge in [0.1, 0.15) is 0 Å². The highest BCUT2D eigenvalue weighted by Gasteiger charge is 2.10. The van der Waals surface area contributed by atoms with Crippen molar-refractivity contribution in [3.63, 3.8) is 0 Å². The molecule has 0 aliphatic heterocycles. The highest BCUT2D eigenvalue weighted by atomic mass is 79.9. The van der Waals surface area contributed by atoms with E-state index in [0.29, 0.717) is 10.7 Å². The number of nitrogen functional groups attached to an aromatic ring is 1. The third-order valence-electron chi connectivity index (χ3n) is 2.31. The molecule has 2 aromatic rings. The van der Waals surface area contributed by atoms with Crippen LogP contribution in [-0.4, -0.2) is 11.5 Å². The molecule has 0 fully saturated rings. The Morgan fingerprint density at radius 3 is 2.94 bits per heavy atom. The van der Waals surface area contributed by atoms with Crippen molar-refractivity contribution in [2.24, 2.45) is 0 Å². The molecule has 1 aromatic heterocycles. The third-order valence-corrected chi connectivity index (χ3v) is 3.66. The minimum atomic E-state index is 0.642. The predicted octanol–water partition coefficient (Wildman–Crippen LogP) is 3.66. The maximum absolute atomic E-state index is 6.02. The van der Waals surface area contributed by atoms with E-state index >= 15 is 0 Å². The summed E-state index contributed by atoms with van der Waals surface area (Å²) < 4.78 is 0.797. The van der Waals surface area contributed by atoms with Gasteiger partial charge in [0.25, 0.3) is 0 Å². The molecule has 0 unspecified atom stereocenters. The first kappa shape index (κ1) is 11.5. The Hall–Kier alpha value is -1.00. The molecule has 0 saturated carbocycles. The minimum Gasteiger partial charge on any atom is -0.396 e. The lowest BCUT2D eigenvalue weighted by Crippen LogP contribution is -2.02. The number of anilines is 2. The molecular weight excluding hydrogens is 289 g/mol. The first-order chi connectivity index (χ1) is 7.65. The summed E-state index contributed by atoms with van der Waals surface area (Å²) in [7, 11) is 0. The Kier molecular flexibility index (Phi) is 3.21. The Bertz CT molecular complexity index is 542. The molecule has 1 heterocycles. The number of fused-ring (bicyclic) bond motifs is 1. The molecule has 0 atom stereocenters. The van der Waals surface area contributed by atoms with Gasteiger partial charge in [-0.2, -0.15) is 0 Å². The standard InChI is InChI=1S/C11H11BrClN3/c1-2-15-10-6-3-4-7(13)9(12)11(6)16-5-8(10)14/h3-5H,2,14H2,1H3,(H,15,16). The van der Waals surface area contributed by atoms with Gasteiger partial charge in [0.05, 0.1) is 32.6 Å². The van der Waals surface area contributed by atoms with Crippen molar-refractivity contribution in [2.45, 2.75) is 6.92 Å². The van der Waals surface area contributed by atoms with E-state index in [4.69, 9.17) is 17.3 Å². The van der Waals surface area contributed by atoms with Crippen LogP contribution in [0.3, 0.4) is 0 Å². The van der Waals surface area contributed by atoms with Gasteiger partial charge >= 0.3 is 0 Å². The van der Waals surface area contributed by atoms with Crippen molar-refractivity contribution in [1.29, 1.82) is 0 Å². The van der Waals surface area contributed by atoms with Gasteiger partial charge < -0.3 is 11.1 Å². The number of nitrogens with one attached hydrogen (secondary N) is 1. The van der Waals surface area contributed by atoms with Gasteiger partial charge in [0, 0.05) is 11.9 Å². The monoisotopic (exact) mass is 299 g/mol. The molecule has 3 N–H and O–H groups in total. The lowest BCUT2D eigenvalue weighted by atomic mass is 10.1. The molecule has 0 amide bonds. The first-order valence-electron chi connectivity index (χ1n) is 4.91. The van der Waals surface area contributed by atoms with Crippen LogP contribution in [0.4, 0.5) is 11.4 Å². The van der Waals surface area contributed by atoms with E-state index in [9.17, 15) is 0 Å². The quantitative estimate of drug-likeness (QED) is 0.890. The van der Waals surface area contributed by atoms with Crippen molar-refractivity contribution >= 4 is 49.8 Å². The molecule has 3 nitrogen and oxygen atoms in total. The summed E-state index contributed by atoms with van der Waals surface area (Å²) in [5.74, 6) is 0. The summed E-state index contributed by atoms with van der Waals surface area (Å²) in [6, 6.07) is 3.75. The molecule has 2 rings (SSSR count). The van der Waals surface area contributed by atoms with Gasteiger partial charge in [-0.25, -0.2) is 0 Å². The molecule has 0 aliphatic rings. The predicted molar refractivity (Wildman–Crippen MR) is 73.0 cm³/mol. The molecule has 84 valence electrons. The van der Waals surface area contributed by atoms with Crippen LogP contribution < -0.4 is 11.1 Å². The molecule has 0 radical (unpaired) electrons. The van der Waals surface area contributed by atoms with E-state index in [1.165, 1.54) is 0 Å². The van der Waals surface area contributed by atoms with Gasteiger partial charge in [0.2, 0.25) is 0 Å². The van der Waals surface area contributed by atoms with E-state index in [1.807, 2.05) is 19.1 Å². The summed E-state index contributed by atoms with van der Waals surface area (Å²) >= 11 is 9.45. The maximum atomic E-state index is 6.02. The Balaban J connectivity index is 2.78. The van der Waals surface area contributed by atoms with Gasteiger partial charge in [-0.1, -0.05) is 11.6 Å². The summed E-state index contributed by atoms with van der Waals surface area (Å²) in [6.07, 6.45) is 1.64. The molecule has 1 aromatic carbocycles.